The molecular formula is C34H58O6Si. The first-order chi connectivity index (χ1) is 19.0. The number of methoxy groups -OCH3 is 1. The first-order valence-electron chi connectivity index (χ1n) is 15.7. The van der Waals surface area contributed by atoms with E-state index in [1.807, 2.05) is 27.7 Å². The van der Waals surface area contributed by atoms with Crippen molar-refractivity contribution in [2.45, 2.75) is 131 Å². The van der Waals surface area contributed by atoms with Gasteiger partial charge in [-0.1, -0.05) is 58.9 Å². The molecule has 41 heavy (non-hydrogen) atoms. The van der Waals surface area contributed by atoms with Crippen LogP contribution in [-0.4, -0.2) is 45.4 Å². The number of carbonyl (C=O) groups excluding carboxylic acids is 3. The molecule has 6 nitrogen and oxygen atoms in total. The zero-order valence-corrected chi connectivity index (χ0v) is 28.8. The summed E-state index contributed by atoms with van der Waals surface area (Å²) in [6.07, 6.45) is 12.3. The van der Waals surface area contributed by atoms with E-state index in [-0.39, 0.29) is 59.5 Å². The van der Waals surface area contributed by atoms with Crippen LogP contribution < -0.4 is 0 Å². The summed E-state index contributed by atoms with van der Waals surface area (Å²) in [5.74, 6) is 1.03. The Morgan fingerprint density at radius 2 is 1.71 bits per heavy atom. The summed E-state index contributed by atoms with van der Waals surface area (Å²) in [5.41, 5.74) is -0.524. The molecule has 0 aliphatic heterocycles. The van der Waals surface area contributed by atoms with Crippen LogP contribution in [0.4, 0.5) is 0 Å². The predicted molar refractivity (Wildman–Crippen MR) is 168 cm³/mol. The van der Waals surface area contributed by atoms with Crippen LogP contribution in [0.25, 0.3) is 0 Å². The minimum atomic E-state index is -2.18. The van der Waals surface area contributed by atoms with Crippen molar-refractivity contribution in [3.05, 3.63) is 24.3 Å². The second-order valence-electron chi connectivity index (χ2n) is 14.6. The van der Waals surface area contributed by atoms with Gasteiger partial charge in [0.15, 0.2) is 8.32 Å². The topological polar surface area (TPSA) is 78.9 Å². The number of hydrogen-bond donors (Lipinski definition) is 0. The molecule has 2 rings (SSSR count). The van der Waals surface area contributed by atoms with Gasteiger partial charge in [0, 0.05) is 18.8 Å². The first-order valence-corrected chi connectivity index (χ1v) is 18.6. The Bertz CT molecular complexity index is 959. The molecule has 7 atom stereocenters. The maximum Gasteiger partial charge on any atom is 0.311 e. The average Bonchev–Trinajstić information content (AvgIpc) is 2.87. The van der Waals surface area contributed by atoms with Crippen molar-refractivity contribution in [2.24, 2.45) is 35.0 Å². The lowest BCUT2D eigenvalue weighted by Gasteiger charge is -2.48. The molecule has 0 heterocycles. The van der Waals surface area contributed by atoms with Crippen LogP contribution in [0.3, 0.4) is 0 Å². The second-order valence-corrected chi connectivity index (χ2v) is 19.4. The molecule has 0 amide bonds. The third-order valence-electron chi connectivity index (χ3n) is 10.1. The lowest BCUT2D eigenvalue weighted by atomic mass is 9.60. The van der Waals surface area contributed by atoms with Crippen LogP contribution in [-0.2, 0) is 28.3 Å². The van der Waals surface area contributed by atoms with Crippen molar-refractivity contribution in [3.8, 4) is 0 Å². The van der Waals surface area contributed by atoms with Gasteiger partial charge in [-0.2, -0.15) is 0 Å². The summed E-state index contributed by atoms with van der Waals surface area (Å²) in [5, 5.41) is -0.0338. The largest absolute Gasteiger partial charge is 0.469 e. The highest BCUT2D eigenvalue weighted by atomic mass is 28.4. The van der Waals surface area contributed by atoms with Gasteiger partial charge in [-0.3, -0.25) is 14.4 Å². The Kier molecular flexibility index (Phi) is 12.7. The van der Waals surface area contributed by atoms with Gasteiger partial charge in [0.2, 0.25) is 0 Å². The van der Waals surface area contributed by atoms with E-state index < -0.39 is 19.8 Å². The highest BCUT2D eigenvalue weighted by Gasteiger charge is 2.46. The minimum absolute atomic E-state index is 0.0338. The number of carbonyl (C=O) groups is 3. The number of rotatable bonds is 13. The van der Waals surface area contributed by atoms with Gasteiger partial charge >= 0.3 is 11.9 Å². The first kappa shape index (κ1) is 35.5. The molecule has 0 bridgehead atoms. The molecule has 1 fully saturated rings. The molecule has 2 aliphatic carbocycles. The number of fused-ring (bicyclic) bond motifs is 1. The van der Waals surface area contributed by atoms with E-state index in [9.17, 15) is 14.4 Å². The van der Waals surface area contributed by atoms with Gasteiger partial charge in [-0.25, -0.2) is 0 Å². The van der Waals surface area contributed by atoms with Crippen molar-refractivity contribution in [1.82, 2.24) is 0 Å². The summed E-state index contributed by atoms with van der Waals surface area (Å²) in [6.45, 7) is 20.9. The third-order valence-corrected chi connectivity index (χ3v) is 14.7. The summed E-state index contributed by atoms with van der Waals surface area (Å²) in [6, 6.07) is 0. The van der Waals surface area contributed by atoms with Gasteiger partial charge in [0.25, 0.3) is 0 Å². The standard InChI is InChI=1S/C34H58O6Si/c1-12-14-24-19-25-16-15-23(3)28(31(25)29(20-24)39-32(37)34(7,8)13-2)18-17-26(35)21-27(22-30(36)38-9)40-41(10,11)33(4,5)6/h12,14-16,23-25,27-29,31H,13,17-22H2,1-11H3/b14-12+/t23-,24-,25?,27+,28-,29-,31?/m0/s1. The fourth-order valence-corrected chi connectivity index (χ4v) is 7.45. The minimum Gasteiger partial charge on any atom is -0.469 e. The summed E-state index contributed by atoms with van der Waals surface area (Å²) < 4.78 is 17.8. The summed E-state index contributed by atoms with van der Waals surface area (Å²) >= 11 is 0. The Morgan fingerprint density at radius 3 is 2.27 bits per heavy atom. The van der Waals surface area contributed by atoms with Crippen molar-refractivity contribution in [1.29, 1.82) is 0 Å². The van der Waals surface area contributed by atoms with E-state index in [0.717, 1.165) is 25.7 Å². The van der Waals surface area contributed by atoms with Crippen LogP contribution in [0.15, 0.2) is 24.3 Å². The molecule has 7 heteroatoms. The van der Waals surface area contributed by atoms with Crippen molar-refractivity contribution in [2.75, 3.05) is 7.11 Å². The Morgan fingerprint density at radius 1 is 1.05 bits per heavy atom. The van der Waals surface area contributed by atoms with Crippen LogP contribution >= 0.6 is 0 Å². The number of hydrogen-bond acceptors (Lipinski definition) is 6. The van der Waals surface area contributed by atoms with Gasteiger partial charge in [-0.15, -0.1) is 0 Å². The smallest absolute Gasteiger partial charge is 0.311 e. The van der Waals surface area contributed by atoms with Crippen molar-refractivity contribution in [3.63, 3.8) is 0 Å². The third kappa shape index (κ3) is 9.64. The van der Waals surface area contributed by atoms with E-state index >= 15 is 0 Å². The van der Waals surface area contributed by atoms with Crippen LogP contribution in [0, 0.1) is 35.0 Å². The molecular weight excluding hydrogens is 532 g/mol. The lowest BCUT2D eigenvalue weighted by Crippen LogP contribution is -2.47. The van der Waals surface area contributed by atoms with E-state index in [1.165, 1.54) is 7.11 Å². The molecule has 2 aliphatic rings. The molecule has 0 aromatic rings. The highest BCUT2D eigenvalue weighted by Crippen LogP contribution is 2.48. The SMILES string of the molecule is C/C=C/[C@H]1CC2C=C[C@H](C)[C@H](CCC(=O)C[C@H](CC(=O)OC)O[Si](C)(C)C(C)(C)C)C2[C@@H](OC(=O)C(C)(C)CC)C1. The Balaban J connectivity index is 2.22. The molecule has 0 radical (unpaired) electrons. The average molecular weight is 591 g/mol. The zero-order valence-electron chi connectivity index (χ0n) is 27.8. The molecule has 1 saturated carbocycles. The Labute approximate surface area is 251 Å². The highest BCUT2D eigenvalue weighted by molar-refractivity contribution is 6.74. The van der Waals surface area contributed by atoms with E-state index in [2.05, 4.69) is 65.1 Å². The molecule has 0 aromatic heterocycles. The number of ether oxygens (including phenoxy) is 2. The van der Waals surface area contributed by atoms with Gasteiger partial charge in [0.1, 0.15) is 11.9 Å². The van der Waals surface area contributed by atoms with E-state index in [1.54, 1.807) is 0 Å². The quantitative estimate of drug-likeness (QED) is 0.123. The number of Topliss-reactive ketones (excluding diaryl/α,β-unsaturated/α-hetero) is 1. The number of esters is 2. The molecule has 234 valence electrons. The van der Waals surface area contributed by atoms with Crippen molar-refractivity contribution >= 4 is 26.0 Å². The van der Waals surface area contributed by atoms with E-state index in [4.69, 9.17) is 13.9 Å². The fourth-order valence-electron chi connectivity index (χ4n) is 6.10. The molecule has 0 aromatic carbocycles. The monoisotopic (exact) mass is 590 g/mol. The number of allylic oxidation sites excluding steroid dienone is 4. The summed E-state index contributed by atoms with van der Waals surface area (Å²) in [4.78, 5) is 38.8. The van der Waals surface area contributed by atoms with Gasteiger partial charge < -0.3 is 13.9 Å². The maximum absolute atomic E-state index is 13.4. The Hall–Kier alpha value is -1.73. The zero-order chi connectivity index (χ0) is 31.2. The van der Waals surface area contributed by atoms with Crippen LogP contribution in [0.1, 0.15) is 100 Å². The molecule has 2 unspecified atom stereocenters. The molecule has 0 N–H and O–H groups in total. The van der Waals surface area contributed by atoms with Gasteiger partial charge in [0.05, 0.1) is 25.0 Å². The number of ketones is 1. The van der Waals surface area contributed by atoms with Gasteiger partial charge in [-0.05, 0) is 88.3 Å². The summed E-state index contributed by atoms with van der Waals surface area (Å²) in [7, 11) is -0.811. The second kappa shape index (κ2) is 14.6. The fraction of sp³-hybridized carbons (Fsp3) is 0.794. The molecule has 0 saturated heterocycles. The van der Waals surface area contributed by atoms with E-state index in [0.29, 0.717) is 18.3 Å². The molecule has 0 spiro atoms. The van der Waals surface area contributed by atoms with Crippen LogP contribution in [0.5, 0.6) is 0 Å². The maximum atomic E-state index is 13.4. The van der Waals surface area contributed by atoms with Crippen LogP contribution in [0.2, 0.25) is 18.1 Å². The normalized spacial score (nSPS) is 27.8. The predicted octanol–water partition coefficient (Wildman–Crippen LogP) is 8.07. The lowest BCUT2D eigenvalue weighted by molar-refractivity contribution is -0.169. The van der Waals surface area contributed by atoms with Crippen molar-refractivity contribution < 1.29 is 28.3 Å².